The van der Waals surface area contributed by atoms with E-state index in [1.807, 2.05) is 0 Å². The summed E-state index contributed by atoms with van der Waals surface area (Å²) < 4.78 is 17.3. The highest BCUT2D eigenvalue weighted by Gasteiger charge is 2.17. The lowest BCUT2D eigenvalue weighted by Gasteiger charge is -2.18. The molecule has 0 aromatic heterocycles. The molecule has 0 heterocycles. The zero-order valence-electron chi connectivity index (χ0n) is 35.6. The van der Waals surface area contributed by atoms with Crippen molar-refractivity contribution in [3.05, 3.63) is 0 Å². The summed E-state index contributed by atoms with van der Waals surface area (Å²) in [4.78, 5) is 25.2. The molecule has 1 atom stereocenters. The lowest BCUT2D eigenvalue weighted by molar-refractivity contribution is -0.163. The molecular formula is C47H92O5. The van der Waals surface area contributed by atoms with Gasteiger partial charge < -0.3 is 14.2 Å². The van der Waals surface area contributed by atoms with Gasteiger partial charge in [-0.1, -0.05) is 233 Å². The van der Waals surface area contributed by atoms with Gasteiger partial charge in [0.1, 0.15) is 6.61 Å². The highest BCUT2D eigenvalue weighted by molar-refractivity contribution is 5.70. The molecule has 0 fully saturated rings. The first-order valence-electron chi connectivity index (χ1n) is 23.6. The molecule has 310 valence electrons. The number of rotatable bonds is 44. The van der Waals surface area contributed by atoms with Crippen molar-refractivity contribution in [2.75, 3.05) is 19.8 Å². The third-order valence-corrected chi connectivity index (χ3v) is 10.6. The Morgan fingerprint density at radius 1 is 0.346 bits per heavy atom. The molecule has 1 unspecified atom stereocenters. The number of carbonyl (C=O) groups is 2. The van der Waals surface area contributed by atoms with Crippen LogP contribution in [-0.2, 0) is 23.8 Å². The summed E-state index contributed by atoms with van der Waals surface area (Å²) in [7, 11) is 0. The van der Waals surface area contributed by atoms with E-state index in [1.165, 1.54) is 199 Å². The number of esters is 2. The molecule has 0 bridgehead atoms. The predicted molar refractivity (Wildman–Crippen MR) is 224 cm³/mol. The van der Waals surface area contributed by atoms with Crippen LogP contribution in [0.2, 0.25) is 0 Å². The maximum atomic E-state index is 12.7. The number of carbonyl (C=O) groups excluding carboxylic acids is 2. The van der Waals surface area contributed by atoms with E-state index in [2.05, 4.69) is 20.8 Å². The molecule has 0 aromatic rings. The molecule has 0 saturated carbocycles. The first-order chi connectivity index (χ1) is 25.6. The van der Waals surface area contributed by atoms with Crippen LogP contribution in [-0.4, -0.2) is 37.9 Å². The first-order valence-corrected chi connectivity index (χ1v) is 23.6. The molecule has 0 radical (unpaired) electrons. The fraction of sp³-hybridized carbons (Fsp3) is 0.957. The maximum Gasteiger partial charge on any atom is 0.306 e. The van der Waals surface area contributed by atoms with Crippen molar-refractivity contribution >= 4 is 11.9 Å². The summed E-state index contributed by atoms with van der Waals surface area (Å²) >= 11 is 0. The standard InChI is InChI=1S/C47H92O5/c1-4-7-10-13-16-19-21-23-24-26-27-29-31-34-37-40-46(48)51-44-45(43-50-42-39-36-33-18-15-12-9-6-3)52-47(49)41-38-35-32-30-28-25-22-20-17-14-11-8-5-2/h45H,4-44H2,1-3H3. The van der Waals surface area contributed by atoms with E-state index in [1.54, 1.807) is 0 Å². The van der Waals surface area contributed by atoms with Crippen LogP contribution in [0.25, 0.3) is 0 Å². The highest BCUT2D eigenvalue weighted by atomic mass is 16.6. The van der Waals surface area contributed by atoms with E-state index in [0.717, 1.165) is 32.1 Å². The molecular weight excluding hydrogens is 645 g/mol. The minimum absolute atomic E-state index is 0.0966. The van der Waals surface area contributed by atoms with Crippen LogP contribution in [0.15, 0.2) is 0 Å². The van der Waals surface area contributed by atoms with Crippen LogP contribution in [0.5, 0.6) is 0 Å². The molecule has 0 aliphatic heterocycles. The molecule has 5 heteroatoms. The van der Waals surface area contributed by atoms with Gasteiger partial charge in [-0.3, -0.25) is 9.59 Å². The third kappa shape index (κ3) is 41.7. The second-order valence-corrected chi connectivity index (χ2v) is 16.0. The highest BCUT2D eigenvalue weighted by Crippen LogP contribution is 2.16. The Morgan fingerprint density at radius 2 is 0.635 bits per heavy atom. The van der Waals surface area contributed by atoms with Gasteiger partial charge in [-0.2, -0.15) is 0 Å². The number of hydrogen-bond acceptors (Lipinski definition) is 5. The average Bonchev–Trinajstić information content (AvgIpc) is 3.14. The Kier molecular flexibility index (Phi) is 43.4. The second kappa shape index (κ2) is 44.3. The summed E-state index contributed by atoms with van der Waals surface area (Å²) in [5.41, 5.74) is 0. The van der Waals surface area contributed by atoms with Gasteiger partial charge in [0.2, 0.25) is 0 Å². The smallest absolute Gasteiger partial charge is 0.306 e. The molecule has 0 amide bonds. The van der Waals surface area contributed by atoms with Crippen molar-refractivity contribution in [1.82, 2.24) is 0 Å². The van der Waals surface area contributed by atoms with Gasteiger partial charge in [-0.05, 0) is 19.3 Å². The minimum Gasteiger partial charge on any atom is -0.462 e. The van der Waals surface area contributed by atoms with E-state index in [0.29, 0.717) is 26.1 Å². The molecule has 52 heavy (non-hydrogen) atoms. The largest absolute Gasteiger partial charge is 0.462 e. The topological polar surface area (TPSA) is 61.8 Å². The van der Waals surface area contributed by atoms with Crippen molar-refractivity contribution in [3.8, 4) is 0 Å². The number of unbranched alkanes of at least 4 members (excludes halogenated alkanes) is 33. The summed E-state index contributed by atoms with van der Waals surface area (Å²) in [6.45, 7) is 7.87. The van der Waals surface area contributed by atoms with Crippen LogP contribution in [0.4, 0.5) is 0 Å². The van der Waals surface area contributed by atoms with Crippen molar-refractivity contribution in [2.24, 2.45) is 0 Å². The predicted octanol–water partition coefficient (Wildman–Crippen LogP) is 15.3. The lowest BCUT2D eigenvalue weighted by atomic mass is 10.0. The van der Waals surface area contributed by atoms with Crippen molar-refractivity contribution in [1.29, 1.82) is 0 Å². The Balaban J connectivity index is 4.12. The SMILES string of the molecule is CCCCCCCCCCCCCCCCCC(=O)OCC(COCCCCCCCCCC)OC(=O)CCCCCCCCCCCCCCC. The molecule has 0 aliphatic carbocycles. The second-order valence-electron chi connectivity index (χ2n) is 16.0. The molecule has 0 N–H and O–H groups in total. The van der Waals surface area contributed by atoms with Gasteiger partial charge in [0.15, 0.2) is 6.10 Å². The third-order valence-electron chi connectivity index (χ3n) is 10.6. The van der Waals surface area contributed by atoms with Gasteiger partial charge >= 0.3 is 11.9 Å². The lowest BCUT2D eigenvalue weighted by Crippen LogP contribution is -2.30. The van der Waals surface area contributed by atoms with E-state index in [4.69, 9.17) is 14.2 Å². The maximum absolute atomic E-state index is 12.7. The van der Waals surface area contributed by atoms with Gasteiger partial charge in [-0.15, -0.1) is 0 Å². The van der Waals surface area contributed by atoms with E-state index in [9.17, 15) is 9.59 Å². The number of hydrogen-bond donors (Lipinski definition) is 0. The summed E-state index contributed by atoms with van der Waals surface area (Å²) in [6.07, 6.45) is 46.7. The molecule has 0 rings (SSSR count). The first kappa shape index (κ1) is 50.9. The Bertz CT molecular complexity index is 710. The molecule has 0 aromatic carbocycles. The fourth-order valence-corrected chi connectivity index (χ4v) is 7.10. The average molecular weight is 737 g/mol. The van der Waals surface area contributed by atoms with Crippen LogP contribution < -0.4 is 0 Å². The van der Waals surface area contributed by atoms with Crippen molar-refractivity contribution in [3.63, 3.8) is 0 Å². The summed E-state index contributed by atoms with van der Waals surface area (Å²) in [5.74, 6) is -0.377. The summed E-state index contributed by atoms with van der Waals surface area (Å²) in [6, 6.07) is 0. The minimum atomic E-state index is -0.520. The Morgan fingerprint density at radius 3 is 0.981 bits per heavy atom. The van der Waals surface area contributed by atoms with Crippen molar-refractivity contribution < 1.29 is 23.8 Å². The monoisotopic (exact) mass is 737 g/mol. The molecule has 0 spiro atoms. The van der Waals surface area contributed by atoms with Gasteiger partial charge in [0.25, 0.3) is 0 Å². The normalized spacial score (nSPS) is 12.0. The van der Waals surface area contributed by atoms with E-state index < -0.39 is 6.10 Å². The molecule has 0 saturated heterocycles. The van der Waals surface area contributed by atoms with E-state index in [-0.39, 0.29) is 18.5 Å². The molecule has 0 aliphatic rings. The van der Waals surface area contributed by atoms with E-state index >= 15 is 0 Å². The van der Waals surface area contributed by atoms with Crippen LogP contribution >= 0.6 is 0 Å². The van der Waals surface area contributed by atoms with Gasteiger partial charge in [0, 0.05) is 19.4 Å². The quantitative estimate of drug-likeness (QED) is 0.0460. The summed E-state index contributed by atoms with van der Waals surface area (Å²) in [5, 5.41) is 0. The molecule has 5 nitrogen and oxygen atoms in total. The Labute approximate surface area is 325 Å². The Hall–Kier alpha value is -1.10. The van der Waals surface area contributed by atoms with Crippen molar-refractivity contribution in [2.45, 2.75) is 271 Å². The van der Waals surface area contributed by atoms with Crippen LogP contribution in [0.3, 0.4) is 0 Å². The van der Waals surface area contributed by atoms with Crippen LogP contribution in [0.1, 0.15) is 265 Å². The van der Waals surface area contributed by atoms with Gasteiger partial charge in [-0.25, -0.2) is 0 Å². The fourth-order valence-electron chi connectivity index (χ4n) is 7.10. The zero-order chi connectivity index (χ0) is 37.8. The zero-order valence-corrected chi connectivity index (χ0v) is 35.6. The number of ether oxygens (including phenoxy) is 3. The van der Waals surface area contributed by atoms with Crippen LogP contribution in [0, 0.1) is 0 Å². The van der Waals surface area contributed by atoms with Gasteiger partial charge in [0.05, 0.1) is 6.61 Å².